The van der Waals surface area contributed by atoms with Gasteiger partial charge in [-0.05, 0) is 55.0 Å². The fourth-order valence-corrected chi connectivity index (χ4v) is 3.48. The monoisotopic (exact) mass is 380 g/mol. The first-order valence-electron chi connectivity index (χ1n) is 9.67. The van der Waals surface area contributed by atoms with Gasteiger partial charge in [0.25, 0.3) is 0 Å². The number of carbonyl (C=O) groups is 2. The molecule has 0 bridgehead atoms. The lowest BCUT2D eigenvalue weighted by molar-refractivity contribution is -0.122. The van der Waals surface area contributed by atoms with Gasteiger partial charge in [-0.25, -0.2) is 0 Å². The molecule has 28 heavy (non-hydrogen) atoms. The van der Waals surface area contributed by atoms with E-state index in [2.05, 4.69) is 24.5 Å². The fourth-order valence-electron chi connectivity index (χ4n) is 3.48. The maximum absolute atomic E-state index is 12.7. The Kier molecular flexibility index (Phi) is 5.73. The SMILES string of the molecule is COc1ccc(C)cc1NC(=O)C1CC1C(=O)Nc1c(C)cccc1C(C)C. The Bertz CT molecular complexity index is 905. The zero-order chi connectivity index (χ0) is 20.4. The summed E-state index contributed by atoms with van der Waals surface area (Å²) in [5.74, 6) is 0.0852. The number of aryl methyl sites for hydroxylation is 2. The third-order valence-electron chi connectivity index (χ3n) is 5.25. The van der Waals surface area contributed by atoms with Crippen LogP contribution >= 0.6 is 0 Å². The molecule has 2 atom stereocenters. The number of benzene rings is 2. The Labute approximate surface area is 166 Å². The van der Waals surface area contributed by atoms with Gasteiger partial charge in [-0.3, -0.25) is 9.59 Å². The van der Waals surface area contributed by atoms with Gasteiger partial charge in [-0.1, -0.05) is 38.1 Å². The quantitative estimate of drug-likeness (QED) is 0.767. The molecule has 5 heteroatoms. The predicted octanol–water partition coefficient (Wildman–Crippen LogP) is 4.65. The first-order chi connectivity index (χ1) is 13.3. The van der Waals surface area contributed by atoms with Crippen molar-refractivity contribution in [2.75, 3.05) is 17.7 Å². The molecule has 2 aromatic carbocycles. The molecular weight excluding hydrogens is 352 g/mol. The zero-order valence-electron chi connectivity index (χ0n) is 17.1. The first-order valence-corrected chi connectivity index (χ1v) is 9.67. The van der Waals surface area contributed by atoms with Crippen LogP contribution in [0.1, 0.15) is 42.9 Å². The van der Waals surface area contributed by atoms with Crippen LogP contribution in [-0.4, -0.2) is 18.9 Å². The minimum Gasteiger partial charge on any atom is -0.495 e. The second-order valence-electron chi connectivity index (χ2n) is 7.82. The van der Waals surface area contributed by atoms with Crippen molar-refractivity contribution >= 4 is 23.2 Å². The molecular formula is C23H28N2O3. The topological polar surface area (TPSA) is 67.4 Å². The molecule has 0 saturated heterocycles. The maximum atomic E-state index is 12.7. The molecule has 148 valence electrons. The Morgan fingerprint density at radius 3 is 2.36 bits per heavy atom. The van der Waals surface area contributed by atoms with Gasteiger partial charge in [-0.15, -0.1) is 0 Å². The van der Waals surface area contributed by atoms with Gasteiger partial charge in [0, 0.05) is 5.69 Å². The van der Waals surface area contributed by atoms with E-state index < -0.39 is 0 Å². The van der Waals surface area contributed by atoms with E-state index in [9.17, 15) is 9.59 Å². The van der Waals surface area contributed by atoms with Crippen molar-refractivity contribution in [1.29, 1.82) is 0 Å². The minimum atomic E-state index is -0.309. The van der Waals surface area contributed by atoms with E-state index in [-0.39, 0.29) is 23.7 Å². The molecule has 0 aromatic heterocycles. The summed E-state index contributed by atoms with van der Waals surface area (Å²) in [5.41, 5.74) is 4.68. The number of amides is 2. The van der Waals surface area contributed by atoms with Crippen LogP contribution in [0, 0.1) is 25.7 Å². The molecule has 1 saturated carbocycles. The van der Waals surface area contributed by atoms with Crippen LogP contribution in [-0.2, 0) is 9.59 Å². The van der Waals surface area contributed by atoms with Crippen molar-refractivity contribution in [3.63, 3.8) is 0 Å². The molecule has 2 aromatic rings. The second-order valence-corrected chi connectivity index (χ2v) is 7.82. The number of rotatable bonds is 6. The number of carbonyl (C=O) groups excluding carboxylic acids is 2. The van der Waals surface area contributed by atoms with Crippen LogP contribution in [0.25, 0.3) is 0 Å². The van der Waals surface area contributed by atoms with Crippen LogP contribution in [0.4, 0.5) is 11.4 Å². The van der Waals surface area contributed by atoms with Crippen LogP contribution in [0.2, 0.25) is 0 Å². The summed E-state index contributed by atoms with van der Waals surface area (Å²) < 4.78 is 5.31. The zero-order valence-corrected chi connectivity index (χ0v) is 17.1. The highest BCUT2D eigenvalue weighted by Gasteiger charge is 2.48. The molecule has 2 amide bonds. The smallest absolute Gasteiger partial charge is 0.228 e. The minimum absolute atomic E-state index is 0.0902. The molecule has 0 heterocycles. The van der Waals surface area contributed by atoms with Crippen LogP contribution in [0.3, 0.4) is 0 Å². The molecule has 1 aliphatic carbocycles. The third-order valence-corrected chi connectivity index (χ3v) is 5.25. The number of anilines is 2. The van der Waals surface area contributed by atoms with E-state index in [1.54, 1.807) is 7.11 Å². The summed E-state index contributed by atoms with van der Waals surface area (Å²) in [6.45, 7) is 8.15. The van der Waals surface area contributed by atoms with Gasteiger partial charge in [0.1, 0.15) is 5.75 Å². The average Bonchev–Trinajstić information content (AvgIpc) is 3.44. The van der Waals surface area contributed by atoms with Crippen LogP contribution < -0.4 is 15.4 Å². The summed E-state index contributed by atoms with van der Waals surface area (Å²) in [6, 6.07) is 11.7. The second kappa shape index (κ2) is 8.05. The van der Waals surface area contributed by atoms with E-state index in [4.69, 9.17) is 4.74 Å². The number of methoxy groups -OCH3 is 1. The predicted molar refractivity (Wildman–Crippen MR) is 112 cm³/mol. The summed E-state index contributed by atoms with van der Waals surface area (Å²) in [5, 5.41) is 5.97. The van der Waals surface area contributed by atoms with Crippen LogP contribution in [0.15, 0.2) is 36.4 Å². The van der Waals surface area contributed by atoms with Crippen molar-refractivity contribution in [2.45, 2.75) is 40.0 Å². The summed E-state index contributed by atoms with van der Waals surface area (Å²) in [4.78, 5) is 25.3. The summed E-state index contributed by atoms with van der Waals surface area (Å²) in [7, 11) is 1.57. The van der Waals surface area contributed by atoms with Gasteiger partial charge in [0.05, 0.1) is 24.6 Å². The maximum Gasteiger partial charge on any atom is 0.228 e. The fraction of sp³-hybridized carbons (Fsp3) is 0.391. The lowest BCUT2D eigenvalue weighted by Crippen LogP contribution is -2.21. The standard InChI is InChI=1S/C23H28N2O3/c1-13(2)16-8-6-7-15(4)21(16)25-23(27)18-12-17(18)22(26)24-19-11-14(3)9-10-20(19)28-5/h6-11,13,17-18H,12H2,1-5H3,(H,24,26)(H,25,27). The Morgan fingerprint density at radius 1 is 1.04 bits per heavy atom. The molecule has 1 fully saturated rings. The Morgan fingerprint density at radius 2 is 1.71 bits per heavy atom. The number of nitrogens with one attached hydrogen (secondary N) is 2. The summed E-state index contributed by atoms with van der Waals surface area (Å²) in [6.07, 6.45) is 0.564. The molecule has 3 rings (SSSR count). The third kappa shape index (κ3) is 4.19. The number of para-hydroxylation sites is 1. The molecule has 2 N–H and O–H groups in total. The lowest BCUT2D eigenvalue weighted by atomic mass is 9.98. The van der Waals surface area contributed by atoms with Crippen molar-refractivity contribution < 1.29 is 14.3 Å². The molecule has 0 radical (unpaired) electrons. The highest BCUT2D eigenvalue weighted by atomic mass is 16.5. The van der Waals surface area contributed by atoms with Gasteiger partial charge in [-0.2, -0.15) is 0 Å². The number of hydrogen-bond acceptors (Lipinski definition) is 3. The van der Waals surface area contributed by atoms with E-state index in [1.165, 1.54) is 0 Å². The Hall–Kier alpha value is -2.82. The average molecular weight is 380 g/mol. The van der Waals surface area contributed by atoms with Crippen molar-refractivity contribution in [3.8, 4) is 5.75 Å². The van der Waals surface area contributed by atoms with Gasteiger partial charge in [0.15, 0.2) is 0 Å². The molecule has 1 aliphatic rings. The first kappa shape index (κ1) is 19.9. The van der Waals surface area contributed by atoms with Crippen molar-refractivity contribution in [2.24, 2.45) is 11.8 Å². The highest BCUT2D eigenvalue weighted by Crippen LogP contribution is 2.41. The van der Waals surface area contributed by atoms with E-state index >= 15 is 0 Å². The lowest BCUT2D eigenvalue weighted by Gasteiger charge is -2.16. The van der Waals surface area contributed by atoms with E-state index in [0.717, 1.165) is 22.4 Å². The molecule has 0 spiro atoms. The van der Waals surface area contributed by atoms with Gasteiger partial charge >= 0.3 is 0 Å². The largest absolute Gasteiger partial charge is 0.495 e. The van der Waals surface area contributed by atoms with Gasteiger partial charge in [0.2, 0.25) is 11.8 Å². The highest BCUT2D eigenvalue weighted by molar-refractivity contribution is 6.04. The molecule has 0 aliphatic heterocycles. The van der Waals surface area contributed by atoms with Crippen LogP contribution in [0.5, 0.6) is 5.75 Å². The Balaban J connectivity index is 1.67. The number of hydrogen-bond donors (Lipinski definition) is 2. The normalized spacial score (nSPS) is 17.9. The van der Waals surface area contributed by atoms with Crippen molar-refractivity contribution in [3.05, 3.63) is 53.1 Å². The summed E-state index contributed by atoms with van der Waals surface area (Å²) >= 11 is 0. The van der Waals surface area contributed by atoms with E-state index in [0.29, 0.717) is 23.8 Å². The van der Waals surface area contributed by atoms with Gasteiger partial charge < -0.3 is 15.4 Å². The molecule has 2 unspecified atom stereocenters. The number of ether oxygens (including phenoxy) is 1. The van der Waals surface area contributed by atoms with Crippen molar-refractivity contribution in [1.82, 2.24) is 0 Å². The van der Waals surface area contributed by atoms with E-state index in [1.807, 2.05) is 50.2 Å². The molecule has 5 nitrogen and oxygen atoms in total.